The van der Waals surface area contributed by atoms with Crippen molar-refractivity contribution in [3.05, 3.63) is 170 Å². The Balaban J connectivity index is 1.26. The van der Waals surface area contributed by atoms with Gasteiger partial charge in [-0.05, 0) is 83.6 Å². The van der Waals surface area contributed by atoms with E-state index >= 15 is 0 Å². The number of furan rings is 1. The van der Waals surface area contributed by atoms with Crippen LogP contribution in [0.1, 0.15) is 0 Å². The maximum atomic E-state index is 6.37. The third-order valence-electron chi connectivity index (χ3n) is 10.1. The second kappa shape index (κ2) is 10.6. The fourth-order valence-corrected chi connectivity index (χ4v) is 9.10. The van der Waals surface area contributed by atoms with E-state index in [1.54, 1.807) is 0 Å². The van der Waals surface area contributed by atoms with Crippen molar-refractivity contribution in [2.24, 2.45) is 0 Å². The number of hydrogen-bond donors (Lipinski definition) is 0. The number of aromatic nitrogens is 1. The molecule has 3 aromatic heterocycles. The minimum atomic E-state index is 0.902. The molecule has 50 heavy (non-hydrogen) atoms. The molecule has 4 heteroatoms. The highest BCUT2D eigenvalue weighted by molar-refractivity contribution is 7.26. The molecule has 0 spiro atoms. The van der Waals surface area contributed by atoms with Crippen molar-refractivity contribution in [3.63, 3.8) is 0 Å². The van der Waals surface area contributed by atoms with Gasteiger partial charge in [-0.3, -0.25) is 0 Å². The van der Waals surface area contributed by atoms with Gasteiger partial charge in [0.1, 0.15) is 11.2 Å². The molecule has 0 saturated heterocycles. The van der Waals surface area contributed by atoms with Crippen LogP contribution in [0.2, 0.25) is 0 Å². The molecule has 8 aromatic carbocycles. The van der Waals surface area contributed by atoms with Gasteiger partial charge in [-0.15, -0.1) is 11.3 Å². The molecule has 0 amide bonds. The van der Waals surface area contributed by atoms with Crippen molar-refractivity contribution in [1.82, 2.24) is 4.57 Å². The van der Waals surface area contributed by atoms with E-state index in [1.807, 2.05) is 23.5 Å². The topological polar surface area (TPSA) is 21.3 Å². The standard InChI is InChI=1S/C46H28N2OS/c1-2-12-31(13-3-1)48-38-18-7-4-14-33(38)35-17-10-20-40(46(35)48)47(39-19-11-23-44-45(39)36-16-6-9-22-43(36)50-44)32-25-24-29-27-37-34-15-5-8-21-41(34)49-42(37)28-30(29)26-32/h1-28H. The molecule has 0 aliphatic rings. The molecule has 3 heterocycles. The second-order valence-corrected chi connectivity index (χ2v) is 14.0. The minimum absolute atomic E-state index is 0.902. The highest BCUT2D eigenvalue weighted by Crippen LogP contribution is 2.48. The zero-order valence-electron chi connectivity index (χ0n) is 26.9. The predicted octanol–water partition coefficient (Wildman–Crippen LogP) is 13.7. The first-order valence-electron chi connectivity index (χ1n) is 16.9. The number of fused-ring (bicyclic) bond motifs is 10. The van der Waals surface area contributed by atoms with Crippen LogP contribution in [0.3, 0.4) is 0 Å². The fourth-order valence-electron chi connectivity index (χ4n) is 7.97. The zero-order chi connectivity index (χ0) is 32.8. The van der Waals surface area contributed by atoms with Gasteiger partial charge in [-0.2, -0.15) is 0 Å². The lowest BCUT2D eigenvalue weighted by Gasteiger charge is -2.28. The van der Waals surface area contributed by atoms with Crippen molar-refractivity contribution < 1.29 is 4.42 Å². The summed E-state index contributed by atoms with van der Waals surface area (Å²) < 4.78 is 11.4. The molecule has 0 atom stereocenters. The average molecular weight is 657 g/mol. The predicted molar refractivity (Wildman–Crippen MR) is 213 cm³/mol. The monoisotopic (exact) mass is 656 g/mol. The van der Waals surface area contributed by atoms with E-state index in [4.69, 9.17) is 4.42 Å². The van der Waals surface area contributed by atoms with E-state index < -0.39 is 0 Å². The molecule has 11 aromatic rings. The number of nitrogens with zero attached hydrogens (tertiary/aromatic N) is 2. The van der Waals surface area contributed by atoms with Crippen molar-refractivity contribution in [3.8, 4) is 5.69 Å². The lowest BCUT2D eigenvalue weighted by molar-refractivity contribution is 0.669. The van der Waals surface area contributed by atoms with E-state index in [-0.39, 0.29) is 0 Å². The molecule has 0 fully saturated rings. The molecule has 0 N–H and O–H groups in total. The minimum Gasteiger partial charge on any atom is -0.456 e. The largest absolute Gasteiger partial charge is 0.456 e. The Labute approximate surface area is 291 Å². The number of anilines is 3. The summed E-state index contributed by atoms with van der Waals surface area (Å²) in [5.41, 5.74) is 8.67. The highest BCUT2D eigenvalue weighted by atomic mass is 32.1. The van der Waals surface area contributed by atoms with Crippen LogP contribution >= 0.6 is 11.3 Å². The Bertz CT molecular complexity index is 3110. The van der Waals surface area contributed by atoms with Crippen LogP contribution in [0.25, 0.3) is 80.4 Å². The molecular weight excluding hydrogens is 629 g/mol. The smallest absolute Gasteiger partial charge is 0.136 e. The first-order chi connectivity index (χ1) is 24.8. The van der Waals surface area contributed by atoms with Gasteiger partial charge in [0.05, 0.1) is 22.4 Å². The highest BCUT2D eigenvalue weighted by Gasteiger charge is 2.24. The maximum Gasteiger partial charge on any atom is 0.136 e. The van der Waals surface area contributed by atoms with Crippen molar-refractivity contribution >= 4 is 103 Å². The summed E-state index contributed by atoms with van der Waals surface area (Å²) in [7, 11) is 0. The van der Waals surface area contributed by atoms with Gasteiger partial charge < -0.3 is 13.9 Å². The maximum absolute atomic E-state index is 6.37. The van der Waals surface area contributed by atoms with Crippen LogP contribution in [0.15, 0.2) is 174 Å². The second-order valence-electron chi connectivity index (χ2n) is 12.9. The van der Waals surface area contributed by atoms with E-state index in [0.29, 0.717) is 0 Å². The third kappa shape index (κ3) is 3.97. The van der Waals surface area contributed by atoms with Gasteiger partial charge in [0, 0.05) is 53.1 Å². The quantitative estimate of drug-likeness (QED) is 0.188. The molecule has 0 saturated carbocycles. The number of hydrogen-bond acceptors (Lipinski definition) is 3. The van der Waals surface area contributed by atoms with Gasteiger partial charge >= 0.3 is 0 Å². The summed E-state index contributed by atoms with van der Waals surface area (Å²) in [5, 5.41) is 9.60. The van der Waals surface area contributed by atoms with Crippen molar-refractivity contribution in [2.45, 2.75) is 0 Å². The zero-order valence-corrected chi connectivity index (χ0v) is 27.7. The summed E-state index contributed by atoms with van der Waals surface area (Å²) >= 11 is 1.85. The number of benzene rings is 8. The Morgan fingerprint density at radius 3 is 2.10 bits per heavy atom. The SMILES string of the molecule is c1ccc(-n2c3ccccc3c3cccc(N(c4ccc5cc6c(cc5c4)oc4ccccc46)c4cccc5sc6ccccc6c45)c32)cc1. The van der Waals surface area contributed by atoms with E-state index in [1.165, 1.54) is 47.4 Å². The number of thiophene rings is 1. The van der Waals surface area contributed by atoms with Gasteiger partial charge in [0.25, 0.3) is 0 Å². The molecule has 0 bridgehead atoms. The summed E-state index contributed by atoms with van der Waals surface area (Å²) in [4.78, 5) is 2.48. The van der Waals surface area contributed by atoms with E-state index in [2.05, 4.69) is 167 Å². The van der Waals surface area contributed by atoms with Crippen molar-refractivity contribution in [1.29, 1.82) is 0 Å². The summed E-state index contributed by atoms with van der Waals surface area (Å²) in [6.45, 7) is 0. The van der Waals surface area contributed by atoms with Gasteiger partial charge in [-0.25, -0.2) is 0 Å². The van der Waals surface area contributed by atoms with Crippen LogP contribution in [-0.2, 0) is 0 Å². The van der Waals surface area contributed by atoms with E-state index in [9.17, 15) is 0 Å². The lowest BCUT2D eigenvalue weighted by Crippen LogP contribution is -2.12. The normalized spacial score (nSPS) is 12.0. The molecular formula is C46H28N2OS. The van der Waals surface area contributed by atoms with Crippen LogP contribution in [-0.4, -0.2) is 4.57 Å². The Kier molecular flexibility index (Phi) is 5.83. The summed E-state index contributed by atoms with van der Waals surface area (Å²) in [6, 6.07) is 61.4. The third-order valence-corrected chi connectivity index (χ3v) is 11.3. The van der Waals surface area contributed by atoms with Gasteiger partial charge in [0.15, 0.2) is 0 Å². The number of para-hydroxylation sites is 4. The molecule has 234 valence electrons. The Hall–Kier alpha value is -6.36. The average Bonchev–Trinajstić information content (AvgIpc) is 3.84. The Morgan fingerprint density at radius 2 is 1.18 bits per heavy atom. The van der Waals surface area contributed by atoms with Crippen LogP contribution in [0.4, 0.5) is 17.1 Å². The van der Waals surface area contributed by atoms with Gasteiger partial charge in [-0.1, -0.05) is 97.1 Å². The molecule has 0 aliphatic heterocycles. The molecule has 3 nitrogen and oxygen atoms in total. The molecule has 0 unspecified atom stereocenters. The summed E-state index contributed by atoms with van der Waals surface area (Å²) in [6.07, 6.45) is 0. The number of rotatable bonds is 4. The lowest BCUT2D eigenvalue weighted by atomic mass is 10.0. The first-order valence-corrected chi connectivity index (χ1v) is 17.7. The summed E-state index contributed by atoms with van der Waals surface area (Å²) in [5.74, 6) is 0. The van der Waals surface area contributed by atoms with E-state index in [0.717, 1.165) is 50.1 Å². The van der Waals surface area contributed by atoms with Crippen LogP contribution < -0.4 is 4.90 Å². The first kappa shape index (κ1) is 27.6. The van der Waals surface area contributed by atoms with Crippen molar-refractivity contribution in [2.75, 3.05) is 4.90 Å². The van der Waals surface area contributed by atoms with Crippen LogP contribution in [0, 0.1) is 0 Å². The molecule has 0 aliphatic carbocycles. The van der Waals surface area contributed by atoms with Gasteiger partial charge in [0.2, 0.25) is 0 Å². The Morgan fingerprint density at radius 1 is 0.460 bits per heavy atom. The molecule has 11 rings (SSSR count). The fraction of sp³-hybridized carbons (Fsp3) is 0. The molecule has 0 radical (unpaired) electrons. The van der Waals surface area contributed by atoms with Crippen LogP contribution in [0.5, 0.6) is 0 Å².